The molecule has 0 bridgehead atoms. The van der Waals surface area contributed by atoms with Gasteiger partial charge in [0.2, 0.25) is 0 Å². The first-order valence-corrected chi connectivity index (χ1v) is 20.8. The van der Waals surface area contributed by atoms with Crippen LogP contribution in [0.15, 0.2) is 12.7 Å². The van der Waals surface area contributed by atoms with Crippen molar-refractivity contribution >= 4 is 22.2 Å². The molecule has 0 aromatic rings. The van der Waals surface area contributed by atoms with Gasteiger partial charge in [0, 0.05) is 0 Å². The summed E-state index contributed by atoms with van der Waals surface area (Å²) in [5, 5.41) is 0. The van der Waals surface area contributed by atoms with Gasteiger partial charge in [0.25, 0.3) is 0 Å². The van der Waals surface area contributed by atoms with Gasteiger partial charge in [-0.1, -0.05) is 0 Å². The zero-order valence-electron chi connectivity index (χ0n) is 20.5. The molecule has 0 saturated heterocycles. The molecule has 0 heterocycles. The Bertz CT molecular complexity index is 336. The first kappa shape index (κ1) is 29.2. The van der Waals surface area contributed by atoms with Gasteiger partial charge in [0.15, 0.2) is 0 Å². The molecule has 172 valence electrons. The van der Waals surface area contributed by atoms with E-state index in [1.54, 1.807) is 6.08 Å². The fraction of sp³-hybridized carbons (Fsp3) is 0.889. The van der Waals surface area contributed by atoms with Crippen LogP contribution in [0.3, 0.4) is 0 Å². The Morgan fingerprint density at radius 3 is 1.10 bits per heavy atom. The van der Waals surface area contributed by atoms with Crippen molar-refractivity contribution in [1.29, 1.82) is 0 Å². The summed E-state index contributed by atoms with van der Waals surface area (Å²) in [4.78, 5) is 13.1. The van der Waals surface area contributed by atoms with Crippen molar-refractivity contribution in [3.05, 3.63) is 12.7 Å². The first-order chi connectivity index (χ1) is 14.2. The van der Waals surface area contributed by atoms with Crippen LogP contribution in [0.25, 0.3) is 0 Å². The number of unbranched alkanes of at least 4 members (excludes halogenated alkanes) is 15. The van der Waals surface area contributed by atoms with Crippen LogP contribution >= 0.6 is 0 Å². The minimum atomic E-state index is -2.76. The van der Waals surface area contributed by atoms with Crippen molar-refractivity contribution in [3.8, 4) is 0 Å². The molecular weight excluding hydrogens is 459 g/mol. The third-order valence-electron chi connectivity index (χ3n) is 6.73. The van der Waals surface area contributed by atoms with Gasteiger partial charge in [0.05, 0.1) is 0 Å². The average Bonchev–Trinajstić information content (AvgIpc) is 2.74. The van der Waals surface area contributed by atoms with Gasteiger partial charge in [0.1, 0.15) is 0 Å². The normalized spacial score (nSPS) is 11.7. The fourth-order valence-corrected chi connectivity index (χ4v) is 18.1. The van der Waals surface area contributed by atoms with E-state index in [0.717, 1.165) is 0 Å². The third kappa shape index (κ3) is 15.6. The minimum absolute atomic E-state index is 0.551. The number of carbonyl (C=O) groups is 1. The van der Waals surface area contributed by atoms with Crippen LogP contribution in [0.2, 0.25) is 13.3 Å². The van der Waals surface area contributed by atoms with Crippen molar-refractivity contribution in [1.82, 2.24) is 0 Å². The monoisotopic (exact) mass is 514 g/mol. The van der Waals surface area contributed by atoms with Crippen LogP contribution in [0.5, 0.6) is 0 Å². The molecule has 1 nitrogen and oxygen atoms in total. The topological polar surface area (TPSA) is 17.1 Å². The number of hydrogen-bond donors (Lipinski definition) is 0. The van der Waals surface area contributed by atoms with Gasteiger partial charge in [-0.15, -0.1) is 0 Å². The van der Waals surface area contributed by atoms with Gasteiger partial charge >= 0.3 is 189 Å². The summed E-state index contributed by atoms with van der Waals surface area (Å²) in [6.07, 6.45) is 26.0. The molecule has 0 aliphatic carbocycles. The maximum atomic E-state index is 13.1. The molecular formula is C27H54OSn. The van der Waals surface area contributed by atoms with Crippen LogP contribution in [-0.2, 0) is 4.79 Å². The van der Waals surface area contributed by atoms with E-state index in [-0.39, 0.29) is 0 Å². The summed E-state index contributed by atoms with van der Waals surface area (Å²) in [5.74, 6) is 0. The first-order valence-electron chi connectivity index (χ1n) is 13.3. The van der Waals surface area contributed by atoms with Crippen LogP contribution in [-0.4, -0.2) is 22.2 Å². The molecule has 0 saturated carbocycles. The van der Waals surface area contributed by atoms with E-state index >= 15 is 0 Å². The Labute approximate surface area is 188 Å². The van der Waals surface area contributed by atoms with E-state index in [9.17, 15) is 4.79 Å². The number of allylic oxidation sites excluding steroid dienone is 1. The predicted molar refractivity (Wildman–Crippen MR) is 136 cm³/mol. The maximum absolute atomic E-state index is 13.1. The van der Waals surface area contributed by atoms with Gasteiger partial charge < -0.3 is 0 Å². The Morgan fingerprint density at radius 1 is 0.552 bits per heavy atom. The molecule has 0 unspecified atom stereocenters. The second-order valence-corrected chi connectivity index (χ2v) is 22.4. The molecule has 0 fully saturated rings. The van der Waals surface area contributed by atoms with Crippen LogP contribution in [0.4, 0.5) is 0 Å². The van der Waals surface area contributed by atoms with Gasteiger partial charge in [-0.05, 0) is 0 Å². The summed E-state index contributed by atoms with van der Waals surface area (Å²) >= 11 is -2.76. The van der Waals surface area contributed by atoms with Crippen molar-refractivity contribution < 1.29 is 4.79 Å². The Kier molecular flexibility index (Phi) is 21.6. The Hall–Kier alpha value is 0.209. The second kappa shape index (κ2) is 21.4. The molecule has 2 heteroatoms. The SMILES string of the molecule is C=C[C](=O)[Sn]([CH2]CCCCCCC)([CH2]CCCCCCC)[CH2]CCCCCCC. The molecule has 0 rings (SSSR count). The standard InChI is InChI=1S/3C8H17.C3H3O.Sn/c3*1-3-5-7-8-6-4-2;1-2-3-4;/h3*1,3-8H2,2H3;2H,1H2;. The van der Waals surface area contributed by atoms with Crippen molar-refractivity contribution in [2.75, 3.05) is 0 Å². The number of hydrogen-bond acceptors (Lipinski definition) is 1. The van der Waals surface area contributed by atoms with Crippen LogP contribution in [0.1, 0.15) is 136 Å². The second-order valence-electron chi connectivity index (χ2n) is 9.40. The Balaban J connectivity index is 4.66. The molecule has 0 aromatic heterocycles. The van der Waals surface area contributed by atoms with Gasteiger partial charge in [-0.2, -0.15) is 0 Å². The third-order valence-corrected chi connectivity index (χ3v) is 21.5. The summed E-state index contributed by atoms with van der Waals surface area (Å²) in [6.45, 7) is 10.8. The van der Waals surface area contributed by atoms with E-state index in [4.69, 9.17) is 0 Å². The summed E-state index contributed by atoms with van der Waals surface area (Å²) in [7, 11) is 0. The molecule has 0 atom stereocenters. The van der Waals surface area contributed by atoms with Crippen molar-refractivity contribution in [2.45, 2.75) is 150 Å². The number of rotatable bonds is 23. The summed E-state index contributed by atoms with van der Waals surface area (Å²) < 4.78 is 4.45. The summed E-state index contributed by atoms with van der Waals surface area (Å²) in [5.41, 5.74) is 0. The zero-order valence-corrected chi connectivity index (χ0v) is 23.4. The van der Waals surface area contributed by atoms with E-state index in [0.29, 0.717) is 3.80 Å². The zero-order chi connectivity index (χ0) is 21.6. The van der Waals surface area contributed by atoms with Gasteiger partial charge in [-0.25, -0.2) is 0 Å². The molecule has 29 heavy (non-hydrogen) atoms. The van der Waals surface area contributed by atoms with Crippen LogP contribution < -0.4 is 0 Å². The molecule has 0 N–H and O–H groups in total. The Morgan fingerprint density at radius 2 is 0.828 bits per heavy atom. The average molecular weight is 513 g/mol. The molecule has 0 spiro atoms. The molecule has 0 aromatic carbocycles. The molecule has 0 radical (unpaired) electrons. The van der Waals surface area contributed by atoms with E-state index in [2.05, 4.69) is 27.4 Å². The van der Waals surface area contributed by atoms with E-state index < -0.39 is 18.4 Å². The summed E-state index contributed by atoms with van der Waals surface area (Å²) in [6, 6.07) is 0. The molecule has 0 amide bonds. The quantitative estimate of drug-likeness (QED) is 0.0755. The van der Waals surface area contributed by atoms with Crippen LogP contribution in [0, 0.1) is 0 Å². The van der Waals surface area contributed by atoms with Crippen molar-refractivity contribution in [2.24, 2.45) is 0 Å². The van der Waals surface area contributed by atoms with Crippen molar-refractivity contribution in [3.63, 3.8) is 0 Å². The van der Waals surface area contributed by atoms with Gasteiger partial charge in [-0.3, -0.25) is 0 Å². The van der Waals surface area contributed by atoms with E-state index in [1.165, 1.54) is 129 Å². The fourth-order valence-electron chi connectivity index (χ4n) is 4.69. The van der Waals surface area contributed by atoms with E-state index in [1.807, 2.05) is 0 Å². The molecule has 0 aliphatic heterocycles. The number of carbonyl (C=O) groups excluding carboxylic acids is 1. The molecule has 0 aliphatic rings. The predicted octanol–water partition coefficient (Wildman–Crippen LogP) is 9.81.